The maximum absolute atomic E-state index is 11.8. The summed E-state index contributed by atoms with van der Waals surface area (Å²) in [4.78, 5) is 22.1. The van der Waals surface area contributed by atoms with Gasteiger partial charge in [0.15, 0.2) is 12.4 Å². The van der Waals surface area contributed by atoms with Crippen LogP contribution in [0.3, 0.4) is 0 Å². The van der Waals surface area contributed by atoms with Crippen molar-refractivity contribution in [3.05, 3.63) is 57.0 Å². The Kier molecular flexibility index (Phi) is 3.79. The highest BCUT2D eigenvalue weighted by Crippen LogP contribution is 2.20. The molecule has 0 atom stereocenters. The number of nitrogens with zero attached hydrogens (tertiary/aromatic N) is 2. The van der Waals surface area contributed by atoms with E-state index in [1.807, 2.05) is 0 Å². The molecule has 0 spiro atoms. The van der Waals surface area contributed by atoms with Crippen molar-refractivity contribution in [1.82, 2.24) is 5.16 Å². The van der Waals surface area contributed by atoms with Crippen LogP contribution in [0, 0.1) is 24.0 Å². The van der Waals surface area contributed by atoms with Gasteiger partial charge in [-0.2, -0.15) is 0 Å². The molecular formula is C13H12N2O5. The molecule has 0 fully saturated rings. The molecule has 1 heterocycles. The first-order valence-electron chi connectivity index (χ1n) is 5.81. The van der Waals surface area contributed by atoms with Gasteiger partial charge in [-0.1, -0.05) is 11.2 Å². The normalized spacial score (nSPS) is 10.3. The van der Waals surface area contributed by atoms with E-state index in [-0.39, 0.29) is 17.9 Å². The summed E-state index contributed by atoms with van der Waals surface area (Å²) in [6.07, 6.45) is 0. The molecule has 1 aromatic heterocycles. The minimum absolute atomic E-state index is 0.0681. The van der Waals surface area contributed by atoms with E-state index in [0.717, 1.165) is 0 Å². The fourth-order valence-electron chi connectivity index (χ4n) is 1.64. The first kappa shape index (κ1) is 13.7. The topological polar surface area (TPSA) is 95.5 Å². The zero-order valence-electron chi connectivity index (χ0n) is 11.0. The molecule has 1 aromatic carbocycles. The summed E-state index contributed by atoms with van der Waals surface area (Å²) in [5.41, 5.74) is 1.17. The van der Waals surface area contributed by atoms with Crippen LogP contribution in [0.1, 0.15) is 27.4 Å². The summed E-state index contributed by atoms with van der Waals surface area (Å²) in [5, 5.41) is 14.5. The zero-order chi connectivity index (χ0) is 14.7. The van der Waals surface area contributed by atoms with Crippen LogP contribution in [-0.4, -0.2) is 16.0 Å². The molecule has 2 aromatic rings. The summed E-state index contributed by atoms with van der Waals surface area (Å²) in [5.74, 6) is -0.236. The van der Waals surface area contributed by atoms with Gasteiger partial charge in [0.1, 0.15) is 0 Å². The Morgan fingerprint density at radius 2 is 2.15 bits per heavy atom. The molecule has 7 nitrogen and oxygen atoms in total. The van der Waals surface area contributed by atoms with Crippen molar-refractivity contribution in [3.8, 4) is 0 Å². The molecule has 0 radical (unpaired) electrons. The lowest BCUT2D eigenvalue weighted by Gasteiger charge is -2.03. The van der Waals surface area contributed by atoms with Crippen LogP contribution in [0.25, 0.3) is 0 Å². The number of carbonyl (C=O) groups excluding carboxylic acids is 1. The zero-order valence-corrected chi connectivity index (χ0v) is 11.0. The number of ether oxygens (including phenoxy) is 1. The quantitative estimate of drug-likeness (QED) is 0.483. The third-order valence-corrected chi connectivity index (χ3v) is 2.66. The second kappa shape index (κ2) is 5.52. The molecule has 0 aliphatic heterocycles. The van der Waals surface area contributed by atoms with Gasteiger partial charge in [0, 0.05) is 17.7 Å². The maximum atomic E-state index is 11.8. The van der Waals surface area contributed by atoms with Gasteiger partial charge in [0.25, 0.3) is 5.69 Å². The molecule has 0 saturated carbocycles. The van der Waals surface area contributed by atoms with Crippen LogP contribution in [0.5, 0.6) is 0 Å². The van der Waals surface area contributed by atoms with Gasteiger partial charge in [0.05, 0.1) is 16.2 Å². The molecule has 0 N–H and O–H groups in total. The Hall–Kier alpha value is -2.70. The van der Waals surface area contributed by atoms with Crippen molar-refractivity contribution in [1.29, 1.82) is 0 Å². The van der Waals surface area contributed by atoms with Crippen LogP contribution < -0.4 is 0 Å². The van der Waals surface area contributed by atoms with E-state index in [1.54, 1.807) is 19.9 Å². The van der Waals surface area contributed by atoms with E-state index in [1.165, 1.54) is 18.2 Å². The predicted octanol–water partition coefficient (Wildman–Crippen LogP) is 2.56. The Morgan fingerprint density at radius 3 is 2.75 bits per heavy atom. The van der Waals surface area contributed by atoms with Crippen LogP contribution in [0.2, 0.25) is 0 Å². The van der Waals surface area contributed by atoms with Crippen LogP contribution in [0.15, 0.2) is 28.8 Å². The molecule has 0 saturated heterocycles. The molecular weight excluding hydrogens is 264 g/mol. The van der Waals surface area contributed by atoms with E-state index >= 15 is 0 Å². The fraction of sp³-hybridized carbons (Fsp3) is 0.231. The van der Waals surface area contributed by atoms with Gasteiger partial charge in [-0.25, -0.2) is 4.79 Å². The van der Waals surface area contributed by atoms with Gasteiger partial charge in [-0.05, 0) is 19.9 Å². The Morgan fingerprint density at radius 1 is 1.40 bits per heavy atom. The second-order valence-electron chi connectivity index (χ2n) is 4.27. The van der Waals surface area contributed by atoms with E-state index in [2.05, 4.69) is 5.16 Å². The summed E-state index contributed by atoms with van der Waals surface area (Å²) in [6, 6.07) is 5.83. The lowest BCUT2D eigenvalue weighted by atomic mass is 10.1. The first-order valence-corrected chi connectivity index (χ1v) is 5.81. The van der Waals surface area contributed by atoms with E-state index in [9.17, 15) is 14.9 Å². The molecule has 0 unspecified atom stereocenters. The molecule has 0 amide bonds. The Labute approximate surface area is 114 Å². The van der Waals surface area contributed by atoms with E-state index < -0.39 is 10.9 Å². The lowest BCUT2D eigenvalue weighted by Crippen LogP contribution is -2.06. The number of hydrogen-bond acceptors (Lipinski definition) is 6. The number of hydrogen-bond donors (Lipinski definition) is 0. The molecule has 0 bridgehead atoms. The van der Waals surface area contributed by atoms with Gasteiger partial charge < -0.3 is 9.26 Å². The number of aromatic nitrogens is 1. The van der Waals surface area contributed by atoms with E-state index in [0.29, 0.717) is 17.0 Å². The minimum atomic E-state index is -0.651. The standard InChI is InChI=1S/C13H12N2O5/c1-8-3-4-10(6-12(8)15(17)18)13(16)19-7-11-5-9(2)14-20-11/h3-6H,7H2,1-2H3. The maximum Gasteiger partial charge on any atom is 0.338 e. The van der Waals surface area contributed by atoms with E-state index in [4.69, 9.17) is 9.26 Å². The second-order valence-corrected chi connectivity index (χ2v) is 4.27. The van der Waals surface area contributed by atoms with Crippen molar-refractivity contribution in [2.24, 2.45) is 0 Å². The van der Waals surface area contributed by atoms with Crippen molar-refractivity contribution in [2.75, 3.05) is 0 Å². The highest BCUT2D eigenvalue weighted by molar-refractivity contribution is 5.90. The highest BCUT2D eigenvalue weighted by Gasteiger charge is 2.16. The van der Waals surface area contributed by atoms with Gasteiger partial charge >= 0.3 is 5.97 Å². The SMILES string of the molecule is Cc1cc(COC(=O)c2ccc(C)c([N+](=O)[O-])c2)on1. The molecule has 20 heavy (non-hydrogen) atoms. The monoisotopic (exact) mass is 276 g/mol. The van der Waals surface area contributed by atoms with Crippen LogP contribution in [-0.2, 0) is 11.3 Å². The average Bonchev–Trinajstić information content (AvgIpc) is 2.82. The van der Waals surface area contributed by atoms with Gasteiger partial charge in [-0.3, -0.25) is 10.1 Å². The summed E-state index contributed by atoms with van der Waals surface area (Å²) < 4.78 is 9.90. The Balaban J connectivity index is 2.09. The summed E-state index contributed by atoms with van der Waals surface area (Å²) >= 11 is 0. The predicted molar refractivity (Wildman–Crippen MR) is 68.2 cm³/mol. The van der Waals surface area contributed by atoms with Crippen molar-refractivity contribution in [3.63, 3.8) is 0 Å². The summed E-state index contributed by atoms with van der Waals surface area (Å²) in [6.45, 7) is 3.28. The average molecular weight is 276 g/mol. The number of carbonyl (C=O) groups is 1. The third kappa shape index (κ3) is 3.00. The number of aryl methyl sites for hydroxylation is 2. The fourth-order valence-corrected chi connectivity index (χ4v) is 1.64. The van der Waals surface area contributed by atoms with Crippen LogP contribution >= 0.6 is 0 Å². The lowest BCUT2D eigenvalue weighted by molar-refractivity contribution is -0.385. The molecule has 0 aliphatic rings. The number of nitro benzene ring substituents is 1. The van der Waals surface area contributed by atoms with Crippen molar-refractivity contribution in [2.45, 2.75) is 20.5 Å². The van der Waals surface area contributed by atoms with Gasteiger partial charge in [0.2, 0.25) is 0 Å². The van der Waals surface area contributed by atoms with Gasteiger partial charge in [-0.15, -0.1) is 0 Å². The molecule has 0 aliphatic carbocycles. The first-order chi connectivity index (χ1) is 9.47. The van der Waals surface area contributed by atoms with Crippen molar-refractivity contribution >= 4 is 11.7 Å². The minimum Gasteiger partial charge on any atom is -0.454 e. The third-order valence-electron chi connectivity index (χ3n) is 2.66. The number of esters is 1. The number of benzene rings is 1. The summed E-state index contributed by atoms with van der Waals surface area (Å²) in [7, 11) is 0. The van der Waals surface area contributed by atoms with Crippen LogP contribution in [0.4, 0.5) is 5.69 Å². The number of nitro groups is 1. The largest absolute Gasteiger partial charge is 0.454 e. The molecule has 7 heteroatoms. The highest BCUT2D eigenvalue weighted by atomic mass is 16.6. The Bertz CT molecular complexity index is 663. The number of rotatable bonds is 4. The van der Waals surface area contributed by atoms with Crippen molar-refractivity contribution < 1.29 is 19.0 Å². The molecule has 104 valence electrons. The smallest absolute Gasteiger partial charge is 0.338 e. The molecule has 2 rings (SSSR count).